The molecule has 148 valence electrons. The summed E-state index contributed by atoms with van der Waals surface area (Å²) in [6.07, 6.45) is 1.34. The van der Waals surface area contributed by atoms with Gasteiger partial charge in [0.05, 0.1) is 12.2 Å². The molecule has 1 heterocycles. The van der Waals surface area contributed by atoms with E-state index in [-0.39, 0.29) is 11.6 Å². The molecule has 0 aliphatic carbocycles. The van der Waals surface area contributed by atoms with Crippen LogP contribution in [0.3, 0.4) is 0 Å². The van der Waals surface area contributed by atoms with Crippen LogP contribution in [-0.2, 0) is 4.74 Å². The molecule has 1 amide bonds. The number of aryl methyl sites for hydroxylation is 1. The largest absolute Gasteiger partial charge is 0.462 e. The Kier molecular flexibility index (Phi) is 6.19. The second-order valence-corrected chi connectivity index (χ2v) is 6.41. The molecule has 0 bridgehead atoms. The number of hydrogen-bond acceptors (Lipinski definition) is 6. The molecule has 29 heavy (non-hydrogen) atoms. The predicted octanol–water partition coefficient (Wildman–Crippen LogP) is 4.27. The molecule has 3 aromatic rings. The van der Waals surface area contributed by atoms with Crippen molar-refractivity contribution in [2.24, 2.45) is 0 Å². The Bertz CT molecular complexity index is 1030. The Labute approximate surface area is 169 Å². The van der Waals surface area contributed by atoms with Crippen LogP contribution in [0, 0.1) is 13.8 Å². The lowest BCUT2D eigenvalue weighted by Gasteiger charge is -2.11. The number of esters is 1. The van der Waals surface area contributed by atoms with Crippen molar-refractivity contribution in [3.8, 4) is 0 Å². The Hall–Kier alpha value is -3.74. The summed E-state index contributed by atoms with van der Waals surface area (Å²) < 4.78 is 4.95. The quantitative estimate of drug-likeness (QED) is 0.611. The number of hydrogen-bond donors (Lipinski definition) is 2. The highest BCUT2D eigenvalue weighted by Gasteiger charge is 2.11. The topological polar surface area (TPSA) is 93.2 Å². The molecule has 7 heteroatoms. The molecule has 2 N–H and O–H groups in total. The van der Waals surface area contributed by atoms with Gasteiger partial charge in [0, 0.05) is 17.4 Å². The third-order valence-electron chi connectivity index (χ3n) is 4.42. The fourth-order valence-corrected chi connectivity index (χ4v) is 2.67. The Balaban J connectivity index is 1.71. The number of rotatable bonds is 6. The lowest BCUT2D eigenvalue weighted by molar-refractivity contribution is 0.0526. The van der Waals surface area contributed by atoms with Crippen LogP contribution < -0.4 is 10.6 Å². The van der Waals surface area contributed by atoms with Crippen molar-refractivity contribution in [2.45, 2.75) is 20.8 Å². The Morgan fingerprint density at radius 3 is 2.52 bits per heavy atom. The SMILES string of the molecule is CCOC(=O)c1ccc(NC(=O)c2cc(Nc3cccc(C)c3C)ncn2)cc1. The minimum atomic E-state index is -0.400. The molecule has 0 spiro atoms. The first kappa shape index (κ1) is 20.0. The summed E-state index contributed by atoms with van der Waals surface area (Å²) >= 11 is 0. The Morgan fingerprint density at radius 1 is 1.03 bits per heavy atom. The van der Waals surface area contributed by atoms with Crippen LogP contribution >= 0.6 is 0 Å². The average molecular weight is 390 g/mol. The van der Waals surface area contributed by atoms with E-state index in [0.29, 0.717) is 23.7 Å². The van der Waals surface area contributed by atoms with E-state index in [1.807, 2.05) is 32.0 Å². The van der Waals surface area contributed by atoms with Gasteiger partial charge in [-0.2, -0.15) is 0 Å². The van der Waals surface area contributed by atoms with Gasteiger partial charge in [-0.25, -0.2) is 14.8 Å². The van der Waals surface area contributed by atoms with Crippen LogP contribution in [0.1, 0.15) is 38.9 Å². The highest BCUT2D eigenvalue weighted by atomic mass is 16.5. The highest BCUT2D eigenvalue weighted by Crippen LogP contribution is 2.22. The zero-order valence-electron chi connectivity index (χ0n) is 16.5. The summed E-state index contributed by atoms with van der Waals surface area (Å²) in [5, 5.41) is 5.98. The zero-order chi connectivity index (χ0) is 20.8. The normalized spacial score (nSPS) is 10.3. The summed E-state index contributed by atoms with van der Waals surface area (Å²) in [6.45, 7) is 6.11. The van der Waals surface area contributed by atoms with Crippen LogP contribution in [0.4, 0.5) is 17.2 Å². The fraction of sp³-hybridized carbons (Fsp3) is 0.182. The second kappa shape index (κ2) is 8.97. The second-order valence-electron chi connectivity index (χ2n) is 6.41. The van der Waals surface area contributed by atoms with E-state index < -0.39 is 5.97 Å². The van der Waals surface area contributed by atoms with Gasteiger partial charge in [0.15, 0.2) is 0 Å². The standard InChI is InChI=1S/C22H22N4O3/c1-4-29-22(28)16-8-10-17(11-9-16)25-21(27)19-12-20(24-13-23-19)26-18-7-5-6-14(2)15(18)3/h5-13H,4H2,1-3H3,(H,25,27)(H,23,24,26). The smallest absolute Gasteiger partial charge is 0.338 e. The molecular formula is C22H22N4O3. The van der Waals surface area contributed by atoms with Crippen molar-refractivity contribution in [2.75, 3.05) is 17.2 Å². The third-order valence-corrected chi connectivity index (χ3v) is 4.42. The number of ether oxygens (including phenoxy) is 1. The molecule has 0 aliphatic heterocycles. The molecule has 0 saturated heterocycles. The number of carbonyl (C=O) groups excluding carboxylic acids is 2. The van der Waals surface area contributed by atoms with Gasteiger partial charge in [0.1, 0.15) is 17.8 Å². The molecule has 1 aromatic heterocycles. The van der Waals surface area contributed by atoms with Gasteiger partial charge in [-0.3, -0.25) is 4.79 Å². The minimum absolute atomic E-state index is 0.224. The first-order valence-corrected chi connectivity index (χ1v) is 9.21. The molecule has 2 aromatic carbocycles. The lowest BCUT2D eigenvalue weighted by Crippen LogP contribution is -2.14. The molecular weight excluding hydrogens is 368 g/mol. The summed E-state index contributed by atoms with van der Waals surface area (Å²) in [5.41, 5.74) is 4.39. The zero-order valence-corrected chi connectivity index (χ0v) is 16.5. The van der Waals surface area contributed by atoms with Crippen LogP contribution in [0.25, 0.3) is 0 Å². The van der Waals surface area contributed by atoms with Crippen molar-refractivity contribution in [3.05, 3.63) is 77.2 Å². The maximum atomic E-state index is 12.5. The summed E-state index contributed by atoms with van der Waals surface area (Å²) in [5.74, 6) is -0.250. The van der Waals surface area contributed by atoms with Crippen molar-refractivity contribution in [3.63, 3.8) is 0 Å². The fourth-order valence-electron chi connectivity index (χ4n) is 2.67. The van der Waals surface area contributed by atoms with Gasteiger partial charge >= 0.3 is 5.97 Å². The van der Waals surface area contributed by atoms with E-state index in [1.165, 1.54) is 6.33 Å². The summed E-state index contributed by atoms with van der Waals surface area (Å²) in [6, 6.07) is 14.0. The monoisotopic (exact) mass is 390 g/mol. The number of carbonyl (C=O) groups is 2. The molecule has 0 radical (unpaired) electrons. The molecule has 7 nitrogen and oxygen atoms in total. The average Bonchev–Trinajstić information content (AvgIpc) is 2.72. The minimum Gasteiger partial charge on any atom is -0.462 e. The van der Waals surface area contributed by atoms with Gasteiger partial charge in [-0.15, -0.1) is 0 Å². The van der Waals surface area contributed by atoms with E-state index in [1.54, 1.807) is 37.3 Å². The van der Waals surface area contributed by atoms with Gasteiger partial charge in [0.25, 0.3) is 5.91 Å². The van der Waals surface area contributed by atoms with Crippen LogP contribution in [0.2, 0.25) is 0 Å². The summed E-state index contributed by atoms with van der Waals surface area (Å²) in [7, 11) is 0. The van der Waals surface area contributed by atoms with Gasteiger partial charge in [-0.05, 0) is 62.2 Å². The summed E-state index contributed by atoms with van der Waals surface area (Å²) in [4.78, 5) is 32.5. The van der Waals surface area contributed by atoms with Gasteiger partial charge in [-0.1, -0.05) is 12.1 Å². The van der Waals surface area contributed by atoms with Gasteiger partial charge in [0.2, 0.25) is 0 Å². The van der Waals surface area contributed by atoms with Crippen molar-refractivity contribution in [1.82, 2.24) is 9.97 Å². The van der Waals surface area contributed by atoms with Crippen LogP contribution in [0.5, 0.6) is 0 Å². The van der Waals surface area contributed by atoms with E-state index in [9.17, 15) is 9.59 Å². The number of benzene rings is 2. The number of nitrogens with one attached hydrogen (secondary N) is 2. The number of aromatic nitrogens is 2. The van der Waals surface area contributed by atoms with Crippen molar-refractivity contribution in [1.29, 1.82) is 0 Å². The lowest BCUT2D eigenvalue weighted by atomic mass is 10.1. The first-order chi connectivity index (χ1) is 14.0. The maximum absolute atomic E-state index is 12.5. The molecule has 0 fully saturated rings. The molecule has 0 atom stereocenters. The maximum Gasteiger partial charge on any atom is 0.338 e. The van der Waals surface area contributed by atoms with Gasteiger partial charge < -0.3 is 15.4 Å². The van der Waals surface area contributed by atoms with E-state index >= 15 is 0 Å². The highest BCUT2D eigenvalue weighted by molar-refractivity contribution is 6.03. The van der Waals surface area contributed by atoms with E-state index in [0.717, 1.165) is 16.8 Å². The van der Waals surface area contributed by atoms with Crippen molar-refractivity contribution >= 4 is 29.1 Å². The van der Waals surface area contributed by atoms with Crippen LogP contribution in [0.15, 0.2) is 54.9 Å². The number of anilines is 3. The Morgan fingerprint density at radius 2 is 1.79 bits per heavy atom. The van der Waals surface area contributed by atoms with E-state index in [2.05, 4.69) is 20.6 Å². The first-order valence-electron chi connectivity index (χ1n) is 9.21. The predicted molar refractivity (Wildman–Crippen MR) is 112 cm³/mol. The van der Waals surface area contributed by atoms with E-state index in [4.69, 9.17) is 4.74 Å². The number of amides is 1. The van der Waals surface area contributed by atoms with Crippen molar-refractivity contribution < 1.29 is 14.3 Å². The molecule has 0 aliphatic rings. The molecule has 0 saturated carbocycles. The van der Waals surface area contributed by atoms with Crippen LogP contribution in [-0.4, -0.2) is 28.5 Å². The molecule has 0 unspecified atom stereocenters. The molecule has 3 rings (SSSR count). The third kappa shape index (κ3) is 4.95. The number of nitrogens with zero attached hydrogens (tertiary/aromatic N) is 2.